The minimum Gasteiger partial charge on any atom is -0.404 e. The lowest BCUT2D eigenvalue weighted by Crippen LogP contribution is -2.65. The van der Waals surface area contributed by atoms with Gasteiger partial charge in [0.15, 0.2) is 0 Å². The molecular weight excluding hydrogens is 825 g/mol. The summed E-state index contributed by atoms with van der Waals surface area (Å²) in [5.74, 6) is -2.48. The normalized spacial score (nSPS) is 23.4. The van der Waals surface area contributed by atoms with Crippen molar-refractivity contribution < 1.29 is 38.4 Å². The quantitative estimate of drug-likeness (QED) is 0.0532. The molecule has 0 aromatic heterocycles. The number of aliphatic hydroxyl groups is 1. The van der Waals surface area contributed by atoms with E-state index < -0.39 is 78.5 Å². The van der Waals surface area contributed by atoms with Crippen LogP contribution < -0.4 is 37.6 Å². The third kappa shape index (κ3) is 13.4. The van der Waals surface area contributed by atoms with E-state index in [1.807, 2.05) is 6.92 Å². The maximum absolute atomic E-state index is 13.7. The van der Waals surface area contributed by atoms with E-state index in [-0.39, 0.29) is 17.9 Å². The highest BCUT2D eigenvalue weighted by Gasteiger charge is 2.68. The summed E-state index contributed by atoms with van der Waals surface area (Å²) in [6, 6.07) is 12.6. The third-order valence-corrected chi connectivity index (χ3v) is 14.1. The number of carbonyl (C=O) groups excluding carboxylic acids is 5. The number of unbranched alkanes of at least 4 members (excludes halogenated alkanes) is 2. The van der Waals surface area contributed by atoms with Gasteiger partial charge in [0, 0.05) is 13.5 Å². The molecule has 1 saturated heterocycles. The minimum atomic E-state index is -1.44. The molecule has 1 heterocycles. The van der Waals surface area contributed by atoms with E-state index in [1.54, 1.807) is 0 Å². The van der Waals surface area contributed by atoms with Crippen molar-refractivity contribution in [3.63, 3.8) is 0 Å². The Hall–Kier alpha value is -4.35. The number of amides is 5. The zero-order chi connectivity index (χ0) is 47.5. The number of carbonyl (C=O) groups is 5. The van der Waals surface area contributed by atoms with E-state index in [1.165, 1.54) is 44.7 Å². The van der Waals surface area contributed by atoms with Gasteiger partial charge in [-0.25, -0.2) is 0 Å². The summed E-state index contributed by atoms with van der Waals surface area (Å²) in [5, 5.41) is 27.6. The van der Waals surface area contributed by atoms with Crippen molar-refractivity contribution in [3.8, 4) is 11.1 Å². The monoisotopic (exact) mass is 902 g/mol. The first-order valence-electron chi connectivity index (χ1n) is 24.0. The summed E-state index contributed by atoms with van der Waals surface area (Å²) in [4.78, 5) is 66.3. The molecule has 1 unspecified atom stereocenters. The van der Waals surface area contributed by atoms with Crippen LogP contribution in [0.4, 0.5) is 0 Å². The van der Waals surface area contributed by atoms with Gasteiger partial charge in [0.05, 0.1) is 23.8 Å². The number of hydrogen-bond acceptors (Lipinski definition) is 10. The van der Waals surface area contributed by atoms with E-state index in [0.29, 0.717) is 57.2 Å². The number of rotatable bonds is 25. The Morgan fingerprint density at radius 1 is 0.769 bits per heavy atom. The lowest BCUT2D eigenvalue weighted by molar-refractivity contribution is -0.199. The fourth-order valence-electron chi connectivity index (χ4n) is 9.83. The second-order valence-corrected chi connectivity index (χ2v) is 19.5. The van der Waals surface area contributed by atoms with Crippen LogP contribution in [-0.2, 0) is 46.2 Å². The molecular formula is C49H76BN7O8. The molecule has 15 nitrogen and oxygen atoms in total. The summed E-state index contributed by atoms with van der Waals surface area (Å²) in [7, 11) is -0.643. The molecule has 3 saturated carbocycles. The molecule has 0 radical (unpaired) electrons. The van der Waals surface area contributed by atoms with Crippen molar-refractivity contribution in [3.05, 3.63) is 59.7 Å². The Labute approximate surface area is 386 Å². The standard InChI is InChI=1S/C49H76BN7O8/c1-9-10-14-34-17-21-36(22-18-34)37-23-19-35(20-24-37)29-52-26-13-16-39(55-33(5)59)46(62)57-43(31(3)58)47(63)53-30(2)44(60)56-40(15-11-12-25-51)45(61)54-32(4)50-64-42-28-38-27-41(48(38,6)7)49(42,8)65-50/h17-24,30-32,38-43,52,58H,9-16,25-29,51H2,1-8H3,(H,53,63)(H,54,61)(H,55,59)(H,56,60)(H,57,62)/t30-,31+,32-,38-,39-,40-,41-,42?,43-,49-/m0/s1. The summed E-state index contributed by atoms with van der Waals surface area (Å²) >= 11 is 0. The van der Waals surface area contributed by atoms with Gasteiger partial charge in [-0.15, -0.1) is 0 Å². The molecule has 6 rings (SSSR count). The SMILES string of the molecule is CCCCc1ccc(-c2ccc(CNCCC[C@H](NC(C)=O)C(=O)N[C@H](C(=O)N[C@@H](C)C(=O)N[C@@H](CCCCN)C(=O)N[C@@H](C)B3OC4C[C@@H]5C[C@@H](C5(C)C)[C@]4(C)O3)[C@@H](C)O)cc2)cc1. The Kier molecular flexibility index (Phi) is 18.6. The first-order chi connectivity index (χ1) is 30.9. The Morgan fingerprint density at radius 3 is 1.98 bits per heavy atom. The van der Waals surface area contributed by atoms with Crippen LogP contribution in [0.3, 0.4) is 0 Å². The highest BCUT2D eigenvalue weighted by atomic mass is 16.7. The third-order valence-electron chi connectivity index (χ3n) is 14.1. The highest BCUT2D eigenvalue weighted by molar-refractivity contribution is 6.47. The summed E-state index contributed by atoms with van der Waals surface area (Å²) in [5.41, 5.74) is 10.2. The topological polar surface area (TPSA) is 222 Å². The molecule has 10 atom stereocenters. The number of benzene rings is 2. The lowest BCUT2D eigenvalue weighted by Gasteiger charge is -2.64. The number of aryl methyl sites for hydroxylation is 1. The van der Waals surface area contributed by atoms with Gasteiger partial charge >= 0.3 is 7.12 Å². The van der Waals surface area contributed by atoms with Gasteiger partial charge in [0.1, 0.15) is 24.2 Å². The van der Waals surface area contributed by atoms with Crippen molar-refractivity contribution in [1.29, 1.82) is 0 Å². The number of hydrogen-bond donors (Lipinski definition) is 8. The van der Waals surface area contributed by atoms with Crippen molar-refractivity contribution in [2.24, 2.45) is 23.0 Å². The molecule has 1 aliphatic heterocycles. The molecule has 3 aliphatic carbocycles. The molecule has 2 aromatic rings. The average molecular weight is 902 g/mol. The van der Waals surface area contributed by atoms with Crippen LogP contribution in [0.15, 0.2) is 48.5 Å². The predicted molar refractivity (Wildman–Crippen MR) is 253 cm³/mol. The van der Waals surface area contributed by atoms with E-state index in [0.717, 1.165) is 30.4 Å². The van der Waals surface area contributed by atoms with E-state index in [2.05, 4.69) is 108 Å². The van der Waals surface area contributed by atoms with Gasteiger partial charge in [-0.3, -0.25) is 24.0 Å². The number of aliphatic hydroxyl groups excluding tert-OH is 1. The summed E-state index contributed by atoms with van der Waals surface area (Å²) < 4.78 is 12.9. The van der Waals surface area contributed by atoms with E-state index in [4.69, 9.17) is 15.0 Å². The maximum atomic E-state index is 13.7. The molecule has 358 valence electrons. The Balaban J connectivity index is 1.08. The minimum absolute atomic E-state index is 0.0493. The van der Waals surface area contributed by atoms with Crippen molar-refractivity contribution in [2.75, 3.05) is 13.1 Å². The van der Waals surface area contributed by atoms with Gasteiger partial charge in [-0.1, -0.05) is 75.7 Å². The van der Waals surface area contributed by atoms with Crippen molar-refractivity contribution >= 4 is 36.7 Å². The molecule has 2 aromatic carbocycles. The molecule has 5 amide bonds. The molecule has 9 N–H and O–H groups in total. The molecule has 4 fully saturated rings. The zero-order valence-corrected chi connectivity index (χ0v) is 40.0. The second-order valence-electron chi connectivity index (χ2n) is 19.5. The largest absolute Gasteiger partial charge is 0.481 e. The van der Waals surface area contributed by atoms with Crippen LogP contribution in [0.2, 0.25) is 0 Å². The second kappa shape index (κ2) is 23.4. The fraction of sp³-hybridized carbons (Fsp3) is 0.653. The first-order valence-corrected chi connectivity index (χ1v) is 24.0. The smallest absolute Gasteiger partial charge is 0.404 e. The first kappa shape index (κ1) is 51.6. The molecule has 2 bridgehead atoms. The number of nitrogens with two attached hydrogens (primary N) is 1. The zero-order valence-electron chi connectivity index (χ0n) is 40.0. The van der Waals surface area contributed by atoms with Gasteiger partial charge < -0.3 is 52.0 Å². The molecule has 16 heteroatoms. The lowest BCUT2D eigenvalue weighted by atomic mass is 9.43. The molecule has 4 aliphatic rings. The van der Waals surface area contributed by atoms with Gasteiger partial charge in [-0.05, 0) is 138 Å². The molecule has 65 heavy (non-hydrogen) atoms. The number of nitrogens with one attached hydrogen (secondary N) is 6. The van der Waals surface area contributed by atoms with Crippen LogP contribution >= 0.6 is 0 Å². The van der Waals surface area contributed by atoms with Crippen LogP contribution in [0, 0.1) is 17.3 Å². The van der Waals surface area contributed by atoms with Crippen LogP contribution in [-0.4, -0.2) is 103 Å². The van der Waals surface area contributed by atoms with E-state index in [9.17, 15) is 29.1 Å². The van der Waals surface area contributed by atoms with Gasteiger partial charge in [-0.2, -0.15) is 0 Å². The predicted octanol–water partition coefficient (Wildman–Crippen LogP) is 3.83. The summed E-state index contributed by atoms with van der Waals surface area (Å²) in [6.45, 7) is 16.4. The highest BCUT2D eigenvalue weighted by Crippen LogP contribution is 2.65. The van der Waals surface area contributed by atoms with Crippen LogP contribution in [0.1, 0.15) is 124 Å². The Bertz CT molecular complexity index is 1920. The van der Waals surface area contributed by atoms with Crippen molar-refractivity contribution in [1.82, 2.24) is 31.9 Å². The molecule has 0 spiro atoms. The maximum Gasteiger partial charge on any atom is 0.481 e. The van der Waals surface area contributed by atoms with E-state index >= 15 is 0 Å². The Morgan fingerprint density at radius 2 is 1.38 bits per heavy atom. The van der Waals surface area contributed by atoms with Gasteiger partial charge in [0.2, 0.25) is 29.5 Å². The van der Waals surface area contributed by atoms with Crippen molar-refractivity contribution in [2.45, 2.75) is 174 Å². The fourth-order valence-corrected chi connectivity index (χ4v) is 9.83. The average Bonchev–Trinajstić information content (AvgIpc) is 3.64. The van der Waals surface area contributed by atoms with Gasteiger partial charge in [0.25, 0.3) is 0 Å². The van der Waals surface area contributed by atoms with Crippen LogP contribution in [0.5, 0.6) is 0 Å². The van der Waals surface area contributed by atoms with Crippen LogP contribution in [0.25, 0.3) is 11.1 Å². The summed E-state index contributed by atoms with van der Waals surface area (Å²) in [6.07, 6.45) is 6.40.